The summed E-state index contributed by atoms with van der Waals surface area (Å²) in [6.07, 6.45) is -0.00670. The molecule has 1 N–H and O–H groups in total. The van der Waals surface area contributed by atoms with E-state index in [1.807, 2.05) is 52.0 Å². The average Bonchev–Trinajstić information content (AvgIpc) is 3.23. The topological polar surface area (TPSA) is 79.5 Å². The molecule has 3 heterocycles. The molecule has 146 valence electrons. The number of hydrogen-bond donors (Lipinski definition) is 1. The van der Waals surface area contributed by atoms with Gasteiger partial charge in [-0.3, -0.25) is 9.78 Å². The molecule has 2 atom stereocenters. The normalized spacial score (nSPS) is 19.5. The predicted molar refractivity (Wildman–Crippen MR) is 106 cm³/mol. The number of carbonyl (C=O) groups is 1. The lowest BCUT2D eigenvalue weighted by atomic mass is 10.00. The zero-order valence-corrected chi connectivity index (χ0v) is 16.7. The zero-order chi connectivity index (χ0) is 20.0. The summed E-state index contributed by atoms with van der Waals surface area (Å²) in [5.41, 5.74) is 5.40. The predicted octanol–water partition coefficient (Wildman–Crippen LogP) is 3.13. The maximum atomic E-state index is 13.3. The number of nitrogens with zero attached hydrogens (tertiary/aromatic N) is 3. The van der Waals surface area contributed by atoms with Crippen LogP contribution in [0, 0.1) is 33.6 Å². The van der Waals surface area contributed by atoms with Gasteiger partial charge in [0, 0.05) is 42.6 Å². The molecule has 6 heteroatoms. The molecule has 0 aliphatic carbocycles. The Morgan fingerprint density at radius 2 is 1.96 bits per heavy atom. The second-order valence-corrected chi connectivity index (χ2v) is 7.89. The van der Waals surface area contributed by atoms with Crippen LogP contribution in [-0.2, 0) is 6.42 Å². The molecule has 1 saturated heterocycles. The summed E-state index contributed by atoms with van der Waals surface area (Å²) in [6.45, 7) is 8.68. The lowest BCUT2D eigenvalue weighted by Gasteiger charge is -2.18. The van der Waals surface area contributed by atoms with Crippen LogP contribution in [0.2, 0.25) is 0 Å². The van der Waals surface area contributed by atoms with Crippen LogP contribution in [0.4, 0.5) is 0 Å². The third kappa shape index (κ3) is 3.29. The molecule has 0 saturated carbocycles. The molecule has 3 aromatic rings. The third-order valence-electron chi connectivity index (χ3n) is 5.70. The van der Waals surface area contributed by atoms with Crippen LogP contribution in [-0.4, -0.2) is 45.2 Å². The van der Waals surface area contributed by atoms with Gasteiger partial charge in [0.25, 0.3) is 5.91 Å². The highest BCUT2D eigenvalue weighted by atomic mass is 16.5. The number of rotatable bonds is 3. The van der Waals surface area contributed by atoms with Crippen LogP contribution in [0.15, 0.2) is 28.8 Å². The van der Waals surface area contributed by atoms with Crippen LogP contribution >= 0.6 is 0 Å². The van der Waals surface area contributed by atoms with Gasteiger partial charge in [0.15, 0.2) is 0 Å². The van der Waals surface area contributed by atoms with E-state index in [-0.39, 0.29) is 11.8 Å². The van der Waals surface area contributed by atoms with Gasteiger partial charge in [0.2, 0.25) is 0 Å². The van der Waals surface area contributed by atoms with Crippen molar-refractivity contribution in [2.45, 2.75) is 40.2 Å². The summed E-state index contributed by atoms with van der Waals surface area (Å²) < 4.78 is 5.28. The van der Waals surface area contributed by atoms with E-state index in [0.29, 0.717) is 25.1 Å². The Morgan fingerprint density at radius 1 is 1.18 bits per heavy atom. The summed E-state index contributed by atoms with van der Waals surface area (Å²) in [5.74, 6) is 0.621. The van der Waals surface area contributed by atoms with Gasteiger partial charge < -0.3 is 14.5 Å². The first-order valence-electron chi connectivity index (χ1n) is 9.60. The van der Waals surface area contributed by atoms with Gasteiger partial charge in [-0.15, -0.1) is 0 Å². The Balaban J connectivity index is 1.62. The number of fused-ring (bicyclic) bond motifs is 1. The Bertz CT molecular complexity index is 1060. The van der Waals surface area contributed by atoms with E-state index in [4.69, 9.17) is 4.52 Å². The third-order valence-corrected chi connectivity index (χ3v) is 5.70. The molecule has 2 aromatic heterocycles. The molecule has 1 amide bonds. The number of β-amino-alcohol motifs (C(OH)–C–C–N with tert-alkyl or cyclic N) is 1. The molecule has 1 aliphatic heterocycles. The molecule has 1 aliphatic rings. The molecule has 6 nitrogen and oxygen atoms in total. The fourth-order valence-corrected chi connectivity index (χ4v) is 4.00. The number of aliphatic hydroxyl groups excluding tert-OH is 1. The lowest BCUT2D eigenvalue weighted by Crippen LogP contribution is -2.30. The van der Waals surface area contributed by atoms with Crippen molar-refractivity contribution in [1.82, 2.24) is 15.0 Å². The second kappa shape index (κ2) is 7.02. The average molecular weight is 379 g/mol. The fraction of sp³-hybridized carbons (Fsp3) is 0.409. The number of aliphatic hydroxyl groups is 1. The molecule has 4 rings (SSSR count). The SMILES string of the molecule is Cc1cc(C[C@@H]2CN(C(=O)c3cc(C)nc4c(C)c(C)ccc34)C[C@H]2O)on1. The van der Waals surface area contributed by atoms with Crippen molar-refractivity contribution in [3.63, 3.8) is 0 Å². The van der Waals surface area contributed by atoms with Gasteiger partial charge in [-0.25, -0.2) is 0 Å². The summed E-state index contributed by atoms with van der Waals surface area (Å²) in [5, 5.41) is 15.3. The van der Waals surface area contributed by atoms with Crippen LogP contribution in [0.3, 0.4) is 0 Å². The van der Waals surface area contributed by atoms with Gasteiger partial charge in [0.05, 0.1) is 22.9 Å². The van der Waals surface area contributed by atoms with Crippen molar-refractivity contribution in [3.8, 4) is 0 Å². The van der Waals surface area contributed by atoms with Crippen molar-refractivity contribution in [3.05, 3.63) is 58.1 Å². The summed E-state index contributed by atoms with van der Waals surface area (Å²) >= 11 is 0. The minimum Gasteiger partial charge on any atom is -0.391 e. The highest BCUT2D eigenvalue weighted by Gasteiger charge is 2.35. The van der Waals surface area contributed by atoms with Crippen LogP contribution in [0.5, 0.6) is 0 Å². The molecule has 1 fully saturated rings. The van der Waals surface area contributed by atoms with E-state index in [1.165, 1.54) is 0 Å². The summed E-state index contributed by atoms with van der Waals surface area (Å²) in [7, 11) is 0. The Morgan fingerprint density at radius 3 is 2.68 bits per heavy atom. The Kier molecular flexibility index (Phi) is 4.67. The van der Waals surface area contributed by atoms with E-state index in [1.54, 1.807) is 4.90 Å². The molecule has 0 unspecified atom stereocenters. The minimum atomic E-state index is -0.576. The van der Waals surface area contributed by atoms with E-state index < -0.39 is 6.10 Å². The van der Waals surface area contributed by atoms with Crippen molar-refractivity contribution < 1.29 is 14.4 Å². The number of likely N-dealkylation sites (tertiary alicyclic amines) is 1. The molecule has 0 radical (unpaired) electrons. The number of pyridine rings is 1. The van der Waals surface area contributed by atoms with Crippen molar-refractivity contribution in [1.29, 1.82) is 0 Å². The van der Waals surface area contributed by atoms with E-state index in [2.05, 4.69) is 10.1 Å². The number of aromatic nitrogens is 2. The number of benzene rings is 1. The van der Waals surface area contributed by atoms with Gasteiger partial charge >= 0.3 is 0 Å². The van der Waals surface area contributed by atoms with Gasteiger partial charge in [-0.1, -0.05) is 17.3 Å². The number of hydrogen-bond acceptors (Lipinski definition) is 5. The Hall–Kier alpha value is -2.73. The molecular formula is C22H25N3O3. The maximum Gasteiger partial charge on any atom is 0.254 e. The van der Waals surface area contributed by atoms with E-state index >= 15 is 0 Å². The van der Waals surface area contributed by atoms with Gasteiger partial charge in [-0.2, -0.15) is 0 Å². The van der Waals surface area contributed by atoms with Gasteiger partial charge in [0.1, 0.15) is 5.76 Å². The van der Waals surface area contributed by atoms with E-state index in [9.17, 15) is 9.90 Å². The largest absolute Gasteiger partial charge is 0.391 e. The van der Waals surface area contributed by atoms with Gasteiger partial charge in [-0.05, 0) is 44.9 Å². The molecule has 0 spiro atoms. The minimum absolute atomic E-state index is 0.0607. The van der Waals surface area contributed by atoms with Crippen LogP contribution in [0.1, 0.15) is 38.6 Å². The smallest absolute Gasteiger partial charge is 0.254 e. The fourth-order valence-electron chi connectivity index (χ4n) is 4.00. The number of carbonyl (C=O) groups excluding carboxylic acids is 1. The first kappa shape index (κ1) is 18.6. The first-order valence-corrected chi connectivity index (χ1v) is 9.60. The zero-order valence-electron chi connectivity index (χ0n) is 16.7. The molecular weight excluding hydrogens is 354 g/mol. The molecule has 1 aromatic carbocycles. The quantitative estimate of drug-likeness (QED) is 0.756. The number of amides is 1. The highest BCUT2D eigenvalue weighted by Crippen LogP contribution is 2.28. The summed E-state index contributed by atoms with van der Waals surface area (Å²) in [4.78, 5) is 19.7. The van der Waals surface area contributed by atoms with Crippen molar-refractivity contribution in [2.75, 3.05) is 13.1 Å². The molecule has 0 bridgehead atoms. The lowest BCUT2D eigenvalue weighted by molar-refractivity contribution is 0.0766. The standard InChI is InChI=1S/C22H25N3O3/c1-12-5-6-18-19(8-13(2)23-21(18)15(12)4)22(27)25-10-16(20(26)11-25)9-17-7-14(3)24-28-17/h5-8,16,20,26H,9-11H2,1-4H3/t16-,20-/m1/s1. The van der Waals surface area contributed by atoms with Crippen molar-refractivity contribution >= 4 is 16.8 Å². The van der Waals surface area contributed by atoms with Crippen LogP contribution in [0.25, 0.3) is 10.9 Å². The number of aryl methyl sites for hydroxylation is 4. The first-order chi connectivity index (χ1) is 13.3. The highest BCUT2D eigenvalue weighted by molar-refractivity contribution is 6.07. The monoisotopic (exact) mass is 379 g/mol. The molecule has 28 heavy (non-hydrogen) atoms. The van der Waals surface area contributed by atoms with E-state index in [0.717, 1.165) is 39.2 Å². The van der Waals surface area contributed by atoms with Crippen molar-refractivity contribution in [2.24, 2.45) is 5.92 Å². The Labute approximate surface area is 164 Å². The van der Waals surface area contributed by atoms with Crippen LogP contribution < -0.4 is 0 Å². The maximum absolute atomic E-state index is 13.3. The summed E-state index contributed by atoms with van der Waals surface area (Å²) in [6, 6.07) is 7.72. The second-order valence-electron chi connectivity index (χ2n) is 7.89.